The summed E-state index contributed by atoms with van der Waals surface area (Å²) in [5.74, 6) is 0. The number of nitrogens with two attached hydrogens (primary N) is 1. The van der Waals surface area contributed by atoms with Crippen LogP contribution < -0.4 is 11.1 Å². The van der Waals surface area contributed by atoms with Crippen molar-refractivity contribution in [3.05, 3.63) is 23.8 Å². The number of rotatable bonds is 3. The molecule has 0 saturated carbocycles. The molecule has 0 spiro atoms. The van der Waals surface area contributed by atoms with Gasteiger partial charge < -0.3 is 15.0 Å². The van der Waals surface area contributed by atoms with Crippen LogP contribution in [0.3, 0.4) is 0 Å². The molecular formula is C9H11N2O4S-. The molecule has 1 unspecified atom stereocenters. The molecule has 1 atom stereocenters. The molecule has 3 N–H and O–H groups in total. The van der Waals surface area contributed by atoms with E-state index in [0.717, 1.165) is 0 Å². The Hall–Kier alpha value is -1.44. The van der Waals surface area contributed by atoms with E-state index in [9.17, 15) is 13.6 Å². The number of ether oxygens (including phenoxy) is 1. The predicted molar refractivity (Wildman–Crippen MR) is 57.5 cm³/mol. The smallest absolute Gasteiger partial charge is 0.411 e. The van der Waals surface area contributed by atoms with Crippen LogP contribution in [-0.4, -0.2) is 22.0 Å². The lowest BCUT2D eigenvalue weighted by molar-refractivity contribution is 0.187. The van der Waals surface area contributed by atoms with Gasteiger partial charge in [0.2, 0.25) is 0 Å². The highest BCUT2D eigenvalue weighted by Gasteiger charge is 2.05. The monoisotopic (exact) mass is 243 g/mol. The van der Waals surface area contributed by atoms with Crippen LogP contribution in [0.1, 0.15) is 5.56 Å². The Kier molecular flexibility index (Phi) is 4.41. The SMILES string of the molecule is COC(=O)Nc1ccc(S(=O)[O-])c(CN)c1. The standard InChI is InChI=1S/C9H12N2O4S/c1-15-9(12)11-7-2-3-8(16(13)14)6(4-7)5-10/h2-4H,5,10H2,1H3,(H,11,12)(H,13,14)/p-1. The molecule has 1 rings (SSSR count). The number of hydrogen-bond donors (Lipinski definition) is 2. The minimum atomic E-state index is -2.34. The van der Waals surface area contributed by atoms with Gasteiger partial charge in [0, 0.05) is 17.1 Å². The maximum Gasteiger partial charge on any atom is 0.411 e. The molecule has 0 heterocycles. The first-order valence-electron chi connectivity index (χ1n) is 4.35. The average Bonchev–Trinajstić information content (AvgIpc) is 2.28. The van der Waals surface area contributed by atoms with Crippen molar-refractivity contribution >= 4 is 22.9 Å². The minimum absolute atomic E-state index is 0.0695. The number of amides is 1. The molecule has 88 valence electrons. The fraction of sp³-hybridized carbons (Fsp3) is 0.222. The summed E-state index contributed by atoms with van der Waals surface area (Å²) in [6.45, 7) is 0.0695. The first-order valence-corrected chi connectivity index (χ1v) is 5.43. The van der Waals surface area contributed by atoms with E-state index in [0.29, 0.717) is 11.3 Å². The minimum Gasteiger partial charge on any atom is -0.768 e. The fourth-order valence-electron chi connectivity index (χ4n) is 1.15. The largest absolute Gasteiger partial charge is 0.768 e. The third-order valence-corrected chi connectivity index (χ3v) is 2.65. The third-order valence-electron chi connectivity index (χ3n) is 1.89. The van der Waals surface area contributed by atoms with Crippen LogP contribution in [0.4, 0.5) is 10.5 Å². The van der Waals surface area contributed by atoms with Crippen molar-refractivity contribution < 1.29 is 18.3 Å². The summed E-state index contributed by atoms with van der Waals surface area (Å²) < 4.78 is 26.0. The average molecular weight is 243 g/mol. The molecule has 0 fully saturated rings. The number of nitrogens with one attached hydrogen (secondary N) is 1. The van der Waals surface area contributed by atoms with E-state index in [4.69, 9.17) is 5.73 Å². The van der Waals surface area contributed by atoms with Crippen LogP contribution in [0.2, 0.25) is 0 Å². The maximum absolute atomic E-state index is 10.9. The van der Waals surface area contributed by atoms with Gasteiger partial charge in [-0.05, 0) is 34.8 Å². The number of anilines is 1. The quantitative estimate of drug-likeness (QED) is 0.755. The van der Waals surface area contributed by atoms with Crippen LogP contribution in [0, 0.1) is 0 Å². The van der Waals surface area contributed by atoms with E-state index in [2.05, 4.69) is 10.1 Å². The lowest BCUT2D eigenvalue weighted by Crippen LogP contribution is -2.12. The predicted octanol–water partition coefficient (Wildman–Crippen LogP) is 0.562. The van der Waals surface area contributed by atoms with Gasteiger partial charge in [0.25, 0.3) is 0 Å². The summed E-state index contributed by atoms with van der Waals surface area (Å²) in [4.78, 5) is 11.0. The third kappa shape index (κ3) is 3.02. The molecule has 0 aromatic heterocycles. The Labute approximate surface area is 95.1 Å². The summed E-state index contributed by atoms with van der Waals surface area (Å²) in [7, 11) is 1.24. The summed E-state index contributed by atoms with van der Waals surface area (Å²) >= 11 is -2.34. The molecule has 0 aliphatic heterocycles. The second-order valence-corrected chi connectivity index (χ2v) is 3.79. The van der Waals surface area contributed by atoms with Gasteiger partial charge in [0.1, 0.15) is 0 Å². The number of carbonyl (C=O) groups excluding carboxylic acids is 1. The van der Waals surface area contributed by atoms with Crippen molar-refractivity contribution in [3.63, 3.8) is 0 Å². The normalized spacial score (nSPS) is 11.9. The molecule has 1 aromatic rings. The van der Waals surface area contributed by atoms with Gasteiger partial charge in [-0.3, -0.25) is 9.53 Å². The highest BCUT2D eigenvalue weighted by atomic mass is 32.2. The Morgan fingerprint density at radius 1 is 1.62 bits per heavy atom. The molecule has 0 aliphatic carbocycles. The van der Waals surface area contributed by atoms with Gasteiger partial charge in [-0.15, -0.1) is 0 Å². The Morgan fingerprint density at radius 2 is 2.31 bits per heavy atom. The highest BCUT2D eigenvalue weighted by Crippen LogP contribution is 2.18. The summed E-state index contributed by atoms with van der Waals surface area (Å²) in [6.07, 6.45) is -0.626. The fourth-order valence-corrected chi connectivity index (χ4v) is 1.68. The second-order valence-electron chi connectivity index (χ2n) is 2.88. The number of hydrogen-bond acceptors (Lipinski definition) is 5. The summed E-state index contributed by atoms with van der Waals surface area (Å²) in [5, 5.41) is 2.41. The Bertz CT molecular complexity index is 422. The maximum atomic E-state index is 10.9. The van der Waals surface area contributed by atoms with E-state index in [1.165, 1.54) is 25.3 Å². The van der Waals surface area contributed by atoms with Crippen molar-refractivity contribution in [1.82, 2.24) is 0 Å². The molecule has 1 aromatic carbocycles. The van der Waals surface area contributed by atoms with Gasteiger partial charge in [0.15, 0.2) is 0 Å². The van der Waals surface area contributed by atoms with Crippen LogP contribution in [0.25, 0.3) is 0 Å². The van der Waals surface area contributed by atoms with Crippen LogP contribution in [-0.2, 0) is 22.4 Å². The molecule has 0 saturated heterocycles. The highest BCUT2D eigenvalue weighted by molar-refractivity contribution is 7.79. The second kappa shape index (κ2) is 5.59. The molecule has 7 heteroatoms. The van der Waals surface area contributed by atoms with Crippen molar-refractivity contribution in [3.8, 4) is 0 Å². The van der Waals surface area contributed by atoms with Crippen LogP contribution in [0.15, 0.2) is 23.1 Å². The van der Waals surface area contributed by atoms with Crippen molar-refractivity contribution in [1.29, 1.82) is 0 Å². The van der Waals surface area contributed by atoms with Crippen LogP contribution >= 0.6 is 0 Å². The van der Waals surface area contributed by atoms with Gasteiger partial charge in [0.05, 0.1) is 7.11 Å². The first-order chi connectivity index (χ1) is 7.58. The molecule has 0 radical (unpaired) electrons. The molecule has 0 aliphatic rings. The molecule has 16 heavy (non-hydrogen) atoms. The number of carbonyl (C=O) groups is 1. The van der Waals surface area contributed by atoms with E-state index in [1.807, 2.05) is 0 Å². The van der Waals surface area contributed by atoms with Crippen molar-refractivity contribution in [2.75, 3.05) is 12.4 Å². The Balaban J connectivity index is 2.99. The topological polar surface area (TPSA) is 104 Å². The molecular weight excluding hydrogens is 232 g/mol. The zero-order valence-corrected chi connectivity index (χ0v) is 9.37. The van der Waals surface area contributed by atoms with E-state index in [1.54, 1.807) is 0 Å². The van der Waals surface area contributed by atoms with Crippen molar-refractivity contribution in [2.45, 2.75) is 11.4 Å². The summed E-state index contributed by atoms with van der Waals surface area (Å²) in [5.41, 5.74) is 6.27. The zero-order chi connectivity index (χ0) is 12.1. The van der Waals surface area contributed by atoms with E-state index < -0.39 is 17.2 Å². The first kappa shape index (κ1) is 12.6. The molecule has 6 nitrogen and oxygen atoms in total. The Morgan fingerprint density at radius 3 is 2.81 bits per heavy atom. The molecule has 1 amide bonds. The lowest BCUT2D eigenvalue weighted by Gasteiger charge is -2.12. The zero-order valence-electron chi connectivity index (χ0n) is 8.56. The number of methoxy groups -OCH3 is 1. The van der Waals surface area contributed by atoms with E-state index in [-0.39, 0.29) is 11.4 Å². The van der Waals surface area contributed by atoms with Gasteiger partial charge in [-0.25, -0.2) is 4.79 Å². The summed E-state index contributed by atoms with van der Waals surface area (Å²) in [6, 6.07) is 4.32. The van der Waals surface area contributed by atoms with Gasteiger partial charge in [-0.2, -0.15) is 0 Å². The van der Waals surface area contributed by atoms with Crippen LogP contribution in [0.5, 0.6) is 0 Å². The van der Waals surface area contributed by atoms with Gasteiger partial charge >= 0.3 is 6.09 Å². The van der Waals surface area contributed by atoms with Crippen molar-refractivity contribution in [2.24, 2.45) is 5.73 Å². The molecule has 0 bridgehead atoms. The van der Waals surface area contributed by atoms with Gasteiger partial charge in [-0.1, -0.05) is 0 Å². The lowest BCUT2D eigenvalue weighted by atomic mass is 10.2. The van der Waals surface area contributed by atoms with E-state index >= 15 is 0 Å². The number of benzene rings is 1.